The van der Waals surface area contributed by atoms with Crippen LogP contribution in [0.4, 0.5) is 17.8 Å². The smallest absolute Gasteiger partial charge is 0.251 e. The lowest BCUT2D eigenvalue weighted by atomic mass is 9.88. The molecule has 2 aromatic heterocycles. The number of rotatable bonds is 20. The van der Waals surface area contributed by atoms with Gasteiger partial charge in [-0.15, -0.1) is 0 Å². The number of pyridine rings is 1. The molecule has 0 fully saturated rings. The molecule has 0 aliphatic carbocycles. The zero-order chi connectivity index (χ0) is 33.1. The topological polar surface area (TPSA) is 135 Å². The van der Waals surface area contributed by atoms with Crippen LogP contribution in [-0.2, 0) is 16.0 Å². The van der Waals surface area contributed by atoms with E-state index in [1.54, 1.807) is 24.5 Å². The summed E-state index contributed by atoms with van der Waals surface area (Å²) in [4.78, 5) is 30.0. The second-order valence-electron chi connectivity index (χ2n) is 10.9. The van der Waals surface area contributed by atoms with Gasteiger partial charge in [-0.05, 0) is 47.4 Å². The zero-order valence-corrected chi connectivity index (χ0v) is 26.9. The predicted octanol–water partition coefficient (Wildman–Crippen LogP) is 5.39. The predicted molar refractivity (Wildman–Crippen MR) is 188 cm³/mol. The first kappa shape index (κ1) is 34.0. The first-order valence-corrected chi connectivity index (χ1v) is 16.2. The van der Waals surface area contributed by atoms with E-state index in [1.807, 2.05) is 42.5 Å². The molecule has 1 amide bonds. The lowest BCUT2D eigenvalue weighted by molar-refractivity contribution is 0.0519. The number of nitrogens with one attached hydrogen (secondary N) is 4. The van der Waals surface area contributed by atoms with Gasteiger partial charge in [0.05, 0.1) is 26.4 Å². The fraction of sp³-hybridized carbons (Fsp3) is 0.270. The summed E-state index contributed by atoms with van der Waals surface area (Å²) in [6, 6.07) is 34.1. The summed E-state index contributed by atoms with van der Waals surface area (Å²) >= 11 is 0. The van der Waals surface area contributed by atoms with Gasteiger partial charge in [0.15, 0.2) is 0 Å². The van der Waals surface area contributed by atoms with Gasteiger partial charge >= 0.3 is 0 Å². The van der Waals surface area contributed by atoms with Gasteiger partial charge in [0, 0.05) is 50.1 Å². The van der Waals surface area contributed by atoms with Crippen molar-refractivity contribution in [3.05, 3.63) is 138 Å². The minimum Gasteiger partial charge on any atom is -0.377 e. The van der Waals surface area contributed by atoms with Crippen LogP contribution in [0.15, 0.2) is 116 Å². The number of aromatic nitrogens is 4. The molecule has 0 unspecified atom stereocenters. The molecule has 3 aromatic carbocycles. The molecule has 5 aromatic rings. The van der Waals surface area contributed by atoms with Gasteiger partial charge in [-0.25, -0.2) is 0 Å². The number of carbonyl (C=O) groups is 1. The van der Waals surface area contributed by atoms with Crippen molar-refractivity contribution in [3.8, 4) is 0 Å². The van der Waals surface area contributed by atoms with E-state index in [-0.39, 0.29) is 11.8 Å². The van der Waals surface area contributed by atoms with E-state index >= 15 is 0 Å². The second kappa shape index (κ2) is 19.3. The van der Waals surface area contributed by atoms with Gasteiger partial charge in [0.2, 0.25) is 17.8 Å². The third-order valence-corrected chi connectivity index (χ3v) is 7.42. The second-order valence-corrected chi connectivity index (χ2v) is 10.9. The summed E-state index contributed by atoms with van der Waals surface area (Å²) < 4.78 is 11.3. The third kappa shape index (κ3) is 11.4. The van der Waals surface area contributed by atoms with Crippen LogP contribution in [-0.4, -0.2) is 71.9 Å². The van der Waals surface area contributed by atoms with Gasteiger partial charge in [-0.2, -0.15) is 15.0 Å². The minimum atomic E-state index is -0.113. The summed E-state index contributed by atoms with van der Waals surface area (Å²) in [5.74, 6) is 1.51. The molecule has 5 rings (SSSR count). The zero-order valence-electron chi connectivity index (χ0n) is 26.9. The molecule has 0 saturated carbocycles. The third-order valence-electron chi connectivity index (χ3n) is 7.42. The van der Waals surface area contributed by atoms with Crippen molar-refractivity contribution in [2.75, 3.05) is 62.0 Å². The quantitative estimate of drug-likeness (QED) is 0.0816. The average Bonchev–Trinajstić information content (AvgIpc) is 3.14. The maximum absolute atomic E-state index is 12.1. The highest BCUT2D eigenvalue weighted by Crippen LogP contribution is 2.27. The Morgan fingerprint density at radius 1 is 0.583 bits per heavy atom. The normalized spacial score (nSPS) is 10.9. The van der Waals surface area contributed by atoms with Gasteiger partial charge < -0.3 is 30.7 Å². The van der Waals surface area contributed by atoms with Crippen molar-refractivity contribution in [3.63, 3.8) is 0 Å². The van der Waals surface area contributed by atoms with Gasteiger partial charge in [0.1, 0.15) is 0 Å². The molecule has 2 heterocycles. The highest BCUT2D eigenvalue weighted by atomic mass is 16.5. The van der Waals surface area contributed by atoms with Crippen molar-refractivity contribution in [2.45, 2.75) is 18.9 Å². The van der Waals surface area contributed by atoms with E-state index in [0.717, 1.165) is 12.0 Å². The maximum Gasteiger partial charge on any atom is 0.251 e. The van der Waals surface area contributed by atoms with Crippen molar-refractivity contribution in [2.24, 2.45) is 0 Å². The largest absolute Gasteiger partial charge is 0.377 e. The Morgan fingerprint density at radius 2 is 1.10 bits per heavy atom. The molecule has 0 aliphatic heterocycles. The SMILES string of the molecule is O=C(NCCOCCOCCNc1nc(NCCC(c2ccccc2)c2ccccc2)nc(NCc2ccncc2)n1)c1ccccc1. The van der Waals surface area contributed by atoms with Crippen LogP contribution in [0.2, 0.25) is 0 Å². The average molecular weight is 647 g/mol. The number of benzene rings is 3. The number of hydrogen-bond donors (Lipinski definition) is 4. The molecule has 0 saturated heterocycles. The Hall–Kier alpha value is -5.39. The maximum atomic E-state index is 12.1. The van der Waals surface area contributed by atoms with Crippen molar-refractivity contribution < 1.29 is 14.3 Å². The van der Waals surface area contributed by atoms with Crippen LogP contribution in [0.3, 0.4) is 0 Å². The summed E-state index contributed by atoms with van der Waals surface area (Å²) in [6.07, 6.45) is 4.38. The number of carbonyl (C=O) groups excluding carboxylic acids is 1. The van der Waals surface area contributed by atoms with Crippen molar-refractivity contribution >= 4 is 23.8 Å². The first-order chi connectivity index (χ1) is 23.7. The monoisotopic (exact) mass is 646 g/mol. The summed E-state index contributed by atoms with van der Waals surface area (Å²) in [5.41, 5.74) is 4.23. The fourth-order valence-electron chi connectivity index (χ4n) is 5.00. The van der Waals surface area contributed by atoms with E-state index in [4.69, 9.17) is 9.47 Å². The number of nitrogens with zero attached hydrogens (tertiary/aromatic N) is 4. The van der Waals surface area contributed by atoms with E-state index in [2.05, 4.69) is 89.7 Å². The molecular formula is C37H42N8O3. The van der Waals surface area contributed by atoms with Crippen molar-refractivity contribution in [1.82, 2.24) is 25.3 Å². The summed E-state index contributed by atoms with van der Waals surface area (Å²) in [7, 11) is 0. The van der Waals surface area contributed by atoms with Crippen LogP contribution in [0.25, 0.3) is 0 Å². The Kier molecular flexibility index (Phi) is 13.7. The fourth-order valence-corrected chi connectivity index (χ4v) is 5.00. The summed E-state index contributed by atoms with van der Waals surface area (Å²) in [6.45, 7) is 3.87. The molecular weight excluding hydrogens is 604 g/mol. The van der Waals surface area contributed by atoms with E-state index in [9.17, 15) is 4.79 Å². The van der Waals surface area contributed by atoms with Crippen LogP contribution in [0.5, 0.6) is 0 Å². The molecule has 0 atom stereocenters. The molecule has 4 N–H and O–H groups in total. The Labute approximate surface area is 281 Å². The molecule has 11 nitrogen and oxygen atoms in total. The lowest BCUT2D eigenvalue weighted by Gasteiger charge is -2.19. The Balaban J connectivity index is 1.08. The van der Waals surface area contributed by atoms with Crippen LogP contribution < -0.4 is 21.3 Å². The van der Waals surface area contributed by atoms with Crippen LogP contribution in [0.1, 0.15) is 39.4 Å². The molecule has 0 radical (unpaired) electrons. The number of ether oxygens (including phenoxy) is 2. The van der Waals surface area contributed by atoms with Crippen LogP contribution >= 0.6 is 0 Å². The molecule has 0 spiro atoms. The number of amides is 1. The van der Waals surface area contributed by atoms with Gasteiger partial charge in [-0.3, -0.25) is 9.78 Å². The summed E-state index contributed by atoms with van der Waals surface area (Å²) in [5, 5.41) is 12.8. The minimum absolute atomic E-state index is 0.113. The number of anilines is 3. The highest BCUT2D eigenvalue weighted by molar-refractivity contribution is 5.94. The first-order valence-electron chi connectivity index (χ1n) is 16.2. The van der Waals surface area contributed by atoms with Gasteiger partial charge in [0.25, 0.3) is 5.91 Å². The van der Waals surface area contributed by atoms with Crippen LogP contribution in [0, 0.1) is 0 Å². The molecule has 248 valence electrons. The molecule has 0 aliphatic rings. The highest BCUT2D eigenvalue weighted by Gasteiger charge is 2.14. The van der Waals surface area contributed by atoms with E-state index in [1.165, 1.54) is 11.1 Å². The number of hydrogen-bond acceptors (Lipinski definition) is 10. The molecule has 48 heavy (non-hydrogen) atoms. The van der Waals surface area contributed by atoms with E-state index in [0.29, 0.717) is 76.0 Å². The molecule has 0 bridgehead atoms. The van der Waals surface area contributed by atoms with Crippen molar-refractivity contribution in [1.29, 1.82) is 0 Å². The van der Waals surface area contributed by atoms with Gasteiger partial charge in [-0.1, -0.05) is 78.9 Å². The Morgan fingerprint density at radius 3 is 1.71 bits per heavy atom. The standard InChI is InChI=1S/C37H42N8O3/c46-34(32-14-8-3-9-15-32)39-22-24-47-26-27-48-25-23-41-36-43-35(44-37(45-36)42-28-29-16-19-38-20-17-29)40-21-18-33(30-10-4-1-5-11-30)31-12-6-2-7-13-31/h1-17,19-20,33H,18,21-28H2,(H,39,46)(H3,40,41,42,43,44,45). The van der Waals surface area contributed by atoms with E-state index < -0.39 is 0 Å². The lowest BCUT2D eigenvalue weighted by Crippen LogP contribution is -2.27. The Bertz CT molecular complexity index is 1590. The molecule has 11 heteroatoms.